The van der Waals surface area contributed by atoms with Crippen molar-refractivity contribution >= 4 is 0 Å². The third-order valence-corrected chi connectivity index (χ3v) is 1.46. The monoisotopic (exact) mass is 166 g/mol. The van der Waals surface area contributed by atoms with E-state index in [2.05, 4.69) is 0 Å². The normalized spacial score (nSPS) is 12.6. The molecular formula is C10H14O2. The van der Waals surface area contributed by atoms with Gasteiger partial charge in [-0.2, -0.15) is 0 Å². The molecule has 0 radical (unpaired) electrons. The maximum Gasteiger partial charge on any atom is 0.0937 e. The molecule has 0 aliphatic rings. The number of furan rings is 1. The van der Waals surface area contributed by atoms with Gasteiger partial charge in [-0.25, -0.2) is 0 Å². The Morgan fingerprint density at radius 3 is 2.83 bits per heavy atom. The van der Waals surface area contributed by atoms with E-state index in [1.54, 1.807) is 32.4 Å². The minimum atomic E-state index is -0.719. The van der Waals surface area contributed by atoms with Crippen molar-refractivity contribution < 1.29 is 9.52 Å². The first-order valence-electron chi connectivity index (χ1n) is 3.99. The molecule has 0 aliphatic heterocycles. The molecule has 0 saturated heterocycles. The van der Waals surface area contributed by atoms with Crippen LogP contribution in [-0.4, -0.2) is 10.7 Å². The second-order valence-electron chi connectivity index (χ2n) is 3.39. The van der Waals surface area contributed by atoms with Crippen LogP contribution in [0.2, 0.25) is 0 Å². The SMILES string of the molecule is CC(C)(O)C=CCc1ccoc1. The molecule has 66 valence electrons. The molecule has 0 fully saturated rings. The van der Waals surface area contributed by atoms with Crippen molar-refractivity contribution in [3.63, 3.8) is 0 Å². The molecule has 0 unspecified atom stereocenters. The number of aliphatic hydroxyl groups is 1. The van der Waals surface area contributed by atoms with Crippen molar-refractivity contribution in [2.24, 2.45) is 0 Å². The molecule has 0 aliphatic carbocycles. The number of allylic oxidation sites excluding steroid dienone is 1. The van der Waals surface area contributed by atoms with Crippen LogP contribution in [0.1, 0.15) is 19.4 Å². The molecule has 2 heteroatoms. The van der Waals surface area contributed by atoms with E-state index in [9.17, 15) is 5.11 Å². The van der Waals surface area contributed by atoms with Gasteiger partial charge in [0.15, 0.2) is 0 Å². The molecule has 12 heavy (non-hydrogen) atoms. The molecule has 0 saturated carbocycles. The fourth-order valence-electron chi connectivity index (χ4n) is 0.892. The van der Waals surface area contributed by atoms with E-state index in [4.69, 9.17) is 4.42 Å². The predicted molar refractivity (Wildman–Crippen MR) is 47.8 cm³/mol. The van der Waals surface area contributed by atoms with Crippen LogP contribution >= 0.6 is 0 Å². The highest BCUT2D eigenvalue weighted by Gasteiger charge is 2.04. The van der Waals surface area contributed by atoms with Gasteiger partial charge in [0.05, 0.1) is 18.1 Å². The zero-order chi connectivity index (χ0) is 9.03. The summed E-state index contributed by atoms with van der Waals surface area (Å²) in [6.07, 6.45) is 7.87. The van der Waals surface area contributed by atoms with Crippen LogP contribution in [-0.2, 0) is 6.42 Å². The van der Waals surface area contributed by atoms with Crippen molar-refractivity contribution in [1.82, 2.24) is 0 Å². The third-order valence-electron chi connectivity index (χ3n) is 1.46. The summed E-state index contributed by atoms with van der Waals surface area (Å²) in [5.41, 5.74) is 0.402. The average Bonchev–Trinajstić information content (AvgIpc) is 2.36. The van der Waals surface area contributed by atoms with E-state index in [1.165, 1.54) is 0 Å². The second-order valence-corrected chi connectivity index (χ2v) is 3.39. The second kappa shape index (κ2) is 3.59. The minimum absolute atomic E-state index is 0.719. The first kappa shape index (κ1) is 9.07. The average molecular weight is 166 g/mol. The molecule has 1 rings (SSSR count). The summed E-state index contributed by atoms with van der Waals surface area (Å²) in [6, 6.07) is 1.91. The van der Waals surface area contributed by atoms with Crippen molar-refractivity contribution in [2.45, 2.75) is 25.9 Å². The van der Waals surface area contributed by atoms with Gasteiger partial charge in [0.1, 0.15) is 0 Å². The Balaban J connectivity index is 2.41. The first-order valence-corrected chi connectivity index (χ1v) is 3.99. The smallest absolute Gasteiger partial charge is 0.0937 e. The lowest BCUT2D eigenvalue weighted by molar-refractivity contribution is 0.133. The molecule has 1 N–H and O–H groups in total. The zero-order valence-corrected chi connectivity index (χ0v) is 7.45. The van der Waals surface area contributed by atoms with Gasteiger partial charge < -0.3 is 9.52 Å². The number of rotatable bonds is 3. The molecule has 0 amide bonds. The van der Waals surface area contributed by atoms with E-state index < -0.39 is 5.60 Å². The van der Waals surface area contributed by atoms with Crippen LogP contribution < -0.4 is 0 Å². The van der Waals surface area contributed by atoms with E-state index in [-0.39, 0.29) is 0 Å². The lowest BCUT2D eigenvalue weighted by Crippen LogP contribution is -2.13. The van der Waals surface area contributed by atoms with Crippen molar-refractivity contribution in [3.8, 4) is 0 Å². The van der Waals surface area contributed by atoms with Gasteiger partial charge in [0.25, 0.3) is 0 Å². The van der Waals surface area contributed by atoms with Gasteiger partial charge in [-0.1, -0.05) is 12.2 Å². The maximum absolute atomic E-state index is 9.34. The fraction of sp³-hybridized carbons (Fsp3) is 0.400. The Morgan fingerprint density at radius 2 is 2.33 bits per heavy atom. The molecule has 1 heterocycles. The summed E-state index contributed by atoms with van der Waals surface area (Å²) in [5.74, 6) is 0. The van der Waals surface area contributed by atoms with E-state index >= 15 is 0 Å². The van der Waals surface area contributed by atoms with Gasteiger partial charge in [-0.3, -0.25) is 0 Å². The standard InChI is InChI=1S/C10H14O2/c1-10(2,11)6-3-4-9-5-7-12-8-9/h3,5-8,11H,4H2,1-2H3. The lowest BCUT2D eigenvalue weighted by Gasteiger charge is -2.09. The Labute approximate surface area is 72.5 Å². The van der Waals surface area contributed by atoms with Gasteiger partial charge in [0, 0.05) is 0 Å². The minimum Gasteiger partial charge on any atom is -0.472 e. The van der Waals surface area contributed by atoms with Gasteiger partial charge >= 0.3 is 0 Å². The van der Waals surface area contributed by atoms with E-state index in [0.717, 1.165) is 12.0 Å². The van der Waals surface area contributed by atoms with Gasteiger partial charge in [0.2, 0.25) is 0 Å². The topological polar surface area (TPSA) is 33.4 Å². The first-order chi connectivity index (χ1) is 5.58. The summed E-state index contributed by atoms with van der Waals surface area (Å²) in [5, 5.41) is 9.34. The summed E-state index contributed by atoms with van der Waals surface area (Å²) >= 11 is 0. The largest absolute Gasteiger partial charge is 0.472 e. The highest BCUT2D eigenvalue weighted by molar-refractivity contribution is 5.11. The van der Waals surface area contributed by atoms with E-state index in [0.29, 0.717) is 0 Å². The fourth-order valence-corrected chi connectivity index (χ4v) is 0.892. The number of hydrogen-bond donors (Lipinski definition) is 1. The van der Waals surface area contributed by atoms with Gasteiger partial charge in [-0.15, -0.1) is 0 Å². The highest BCUT2D eigenvalue weighted by Crippen LogP contribution is 2.06. The molecule has 1 aromatic heterocycles. The van der Waals surface area contributed by atoms with Gasteiger partial charge in [-0.05, 0) is 31.9 Å². The van der Waals surface area contributed by atoms with Crippen LogP contribution in [0.25, 0.3) is 0 Å². The molecule has 0 bridgehead atoms. The summed E-state index contributed by atoms with van der Waals surface area (Å²) in [7, 11) is 0. The molecule has 0 atom stereocenters. The Bertz CT molecular complexity index is 239. The van der Waals surface area contributed by atoms with Crippen LogP contribution in [0.4, 0.5) is 0 Å². The van der Waals surface area contributed by atoms with Crippen molar-refractivity contribution in [2.75, 3.05) is 0 Å². The van der Waals surface area contributed by atoms with Crippen molar-refractivity contribution in [3.05, 3.63) is 36.3 Å². The Kier molecular flexibility index (Phi) is 2.71. The Morgan fingerprint density at radius 1 is 1.58 bits per heavy atom. The molecule has 0 aromatic carbocycles. The van der Waals surface area contributed by atoms with Crippen molar-refractivity contribution in [1.29, 1.82) is 0 Å². The van der Waals surface area contributed by atoms with E-state index in [1.807, 2.05) is 12.1 Å². The molecule has 0 spiro atoms. The van der Waals surface area contributed by atoms with Crippen LogP contribution in [0.3, 0.4) is 0 Å². The lowest BCUT2D eigenvalue weighted by atomic mass is 10.1. The third kappa shape index (κ3) is 3.39. The van der Waals surface area contributed by atoms with Crippen LogP contribution in [0, 0.1) is 0 Å². The molecule has 2 nitrogen and oxygen atoms in total. The van der Waals surface area contributed by atoms with Crippen LogP contribution in [0.15, 0.2) is 35.2 Å². The highest BCUT2D eigenvalue weighted by atomic mass is 16.3. The van der Waals surface area contributed by atoms with Crippen LogP contribution in [0.5, 0.6) is 0 Å². The predicted octanol–water partition coefficient (Wildman–Crippen LogP) is 2.15. The molecular weight excluding hydrogens is 152 g/mol. The maximum atomic E-state index is 9.34. The summed E-state index contributed by atoms with van der Waals surface area (Å²) in [4.78, 5) is 0. The zero-order valence-electron chi connectivity index (χ0n) is 7.45. The number of hydrogen-bond acceptors (Lipinski definition) is 2. The summed E-state index contributed by atoms with van der Waals surface area (Å²) < 4.78 is 4.90. The Hall–Kier alpha value is -1.02. The summed E-state index contributed by atoms with van der Waals surface area (Å²) in [6.45, 7) is 3.50. The quantitative estimate of drug-likeness (QED) is 0.698. The molecule has 1 aromatic rings.